The van der Waals surface area contributed by atoms with Crippen LogP contribution in [0.5, 0.6) is 0 Å². The summed E-state index contributed by atoms with van der Waals surface area (Å²) in [6, 6.07) is 8.08. The fraction of sp³-hybridized carbons (Fsp3) is 0.333. The zero-order valence-corrected chi connectivity index (χ0v) is 7.34. The summed E-state index contributed by atoms with van der Waals surface area (Å²) in [5, 5.41) is 10.6. The number of ether oxygens (including phenoxy) is 1. The van der Waals surface area contributed by atoms with Crippen LogP contribution in [0, 0.1) is 10.1 Å². The first kappa shape index (κ1) is 9.67. The van der Waals surface area contributed by atoms with Crippen LogP contribution in [-0.4, -0.2) is 18.6 Å². The van der Waals surface area contributed by atoms with Crippen molar-refractivity contribution in [2.45, 2.75) is 6.04 Å². The third-order valence-corrected chi connectivity index (χ3v) is 1.76. The molecule has 0 amide bonds. The van der Waals surface area contributed by atoms with E-state index in [0.717, 1.165) is 0 Å². The number of hydrogen-bond acceptors (Lipinski definition) is 3. The summed E-state index contributed by atoms with van der Waals surface area (Å²) in [6.07, 6.45) is 0. The van der Waals surface area contributed by atoms with Gasteiger partial charge in [-0.1, -0.05) is 30.3 Å². The summed E-state index contributed by atoms with van der Waals surface area (Å²) in [6.45, 7) is 0.108. The van der Waals surface area contributed by atoms with Crippen molar-refractivity contribution in [3.8, 4) is 0 Å². The van der Waals surface area contributed by atoms with Gasteiger partial charge in [0.25, 0.3) is 6.04 Å². The van der Waals surface area contributed by atoms with E-state index in [4.69, 9.17) is 4.74 Å². The van der Waals surface area contributed by atoms with Crippen molar-refractivity contribution in [1.29, 1.82) is 0 Å². The molecule has 0 saturated heterocycles. The minimum absolute atomic E-state index is 0.108. The first-order valence-corrected chi connectivity index (χ1v) is 3.93. The van der Waals surface area contributed by atoms with Crippen molar-refractivity contribution in [2.75, 3.05) is 13.7 Å². The second kappa shape index (κ2) is 4.57. The topological polar surface area (TPSA) is 52.4 Å². The molecule has 1 rings (SSSR count). The third kappa shape index (κ3) is 2.52. The van der Waals surface area contributed by atoms with E-state index in [2.05, 4.69) is 0 Å². The highest BCUT2D eigenvalue weighted by Crippen LogP contribution is 2.15. The molecule has 0 saturated carbocycles. The van der Waals surface area contributed by atoms with E-state index in [0.29, 0.717) is 5.56 Å². The summed E-state index contributed by atoms with van der Waals surface area (Å²) in [4.78, 5) is 10.3. The molecule has 0 aliphatic heterocycles. The fourth-order valence-corrected chi connectivity index (χ4v) is 1.11. The van der Waals surface area contributed by atoms with Crippen molar-refractivity contribution in [2.24, 2.45) is 0 Å². The maximum atomic E-state index is 10.6. The van der Waals surface area contributed by atoms with E-state index >= 15 is 0 Å². The van der Waals surface area contributed by atoms with Crippen LogP contribution < -0.4 is 0 Å². The van der Waals surface area contributed by atoms with Crippen LogP contribution in [-0.2, 0) is 4.74 Å². The maximum Gasteiger partial charge on any atom is 0.260 e. The van der Waals surface area contributed by atoms with Gasteiger partial charge in [0, 0.05) is 17.6 Å². The highest BCUT2D eigenvalue weighted by Gasteiger charge is 2.21. The third-order valence-electron chi connectivity index (χ3n) is 1.76. The lowest BCUT2D eigenvalue weighted by Crippen LogP contribution is -2.15. The SMILES string of the molecule is COCC(c1ccccc1)[N+](=O)[O-]. The lowest BCUT2D eigenvalue weighted by Gasteiger charge is -2.07. The maximum absolute atomic E-state index is 10.6. The standard InChI is InChI=1S/C9H11NO3/c1-13-7-9(10(11)12)8-5-3-2-4-6-8/h2-6,9H,7H2,1H3. The van der Waals surface area contributed by atoms with Gasteiger partial charge in [-0.25, -0.2) is 0 Å². The van der Waals surface area contributed by atoms with Crippen molar-refractivity contribution in [1.82, 2.24) is 0 Å². The summed E-state index contributed by atoms with van der Waals surface area (Å²) in [5.41, 5.74) is 0.675. The minimum Gasteiger partial charge on any atom is -0.377 e. The average Bonchev–Trinajstić information content (AvgIpc) is 2.15. The molecule has 1 unspecified atom stereocenters. The van der Waals surface area contributed by atoms with Gasteiger partial charge in [0.05, 0.1) is 0 Å². The highest BCUT2D eigenvalue weighted by molar-refractivity contribution is 5.17. The number of rotatable bonds is 4. The fourth-order valence-electron chi connectivity index (χ4n) is 1.11. The van der Waals surface area contributed by atoms with E-state index in [-0.39, 0.29) is 11.5 Å². The van der Waals surface area contributed by atoms with Crippen LogP contribution in [0.1, 0.15) is 11.6 Å². The largest absolute Gasteiger partial charge is 0.377 e. The molecule has 13 heavy (non-hydrogen) atoms. The van der Waals surface area contributed by atoms with Crippen LogP contribution in [0.15, 0.2) is 30.3 Å². The quantitative estimate of drug-likeness (QED) is 0.524. The molecule has 1 atom stereocenters. The summed E-state index contributed by atoms with van der Waals surface area (Å²) >= 11 is 0. The molecule has 0 heterocycles. The second-order valence-electron chi connectivity index (χ2n) is 2.67. The highest BCUT2D eigenvalue weighted by atomic mass is 16.6. The second-order valence-corrected chi connectivity index (χ2v) is 2.67. The summed E-state index contributed by atoms with van der Waals surface area (Å²) in [7, 11) is 1.46. The van der Waals surface area contributed by atoms with E-state index in [1.165, 1.54) is 7.11 Å². The molecule has 0 bridgehead atoms. The predicted molar refractivity (Wildman–Crippen MR) is 48.1 cm³/mol. The monoisotopic (exact) mass is 181 g/mol. The molecule has 1 aromatic carbocycles. The van der Waals surface area contributed by atoms with Gasteiger partial charge in [-0.3, -0.25) is 10.1 Å². The van der Waals surface area contributed by atoms with Crippen molar-refractivity contribution in [3.05, 3.63) is 46.0 Å². The number of methoxy groups -OCH3 is 1. The van der Waals surface area contributed by atoms with Gasteiger partial charge in [0.1, 0.15) is 6.61 Å². The molecule has 0 fully saturated rings. The van der Waals surface area contributed by atoms with Gasteiger partial charge in [0.2, 0.25) is 0 Å². The van der Waals surface area contributed by atoms with E-state index < -0.39 is 6.04 Å². The van der Waals surface area contributed by atoms with Crippen molar-refractivity contribution >= 4 is 0 Å². The first-order valence-electron chi connectivity index (χ1n) is 3.93. The van der Waals surface area contributed by atoms with Gasteiger partial charge in [-0.2, -0.15) is 0 Å². The van der Waals surface area contributed by atoms with Crippen LogP contribution in [0.2, 0.25) is 0 Å². The number of hydrogen-bond donors (Lipinski definition) is 0. The molecule has 4 heteroatoms. The lowest BCUT2D eigenvalue weighted by molar-refractivity contribution is -0.532. The Morgan fingerprint density at radius 3 is 2.54 bits per heavy atom. The average molecular weight is 181 g/mol. The molecule has 70 valence electrons. The molecule has 0 N–H and O–H groups in total. The number of benzene rings is 1. The van der Waals surface area contributed by atoms with Gasteiger partial charge >= 0.3 is 0 Å². The Morgan fingerprint density at radius 1 is 1.46 bits per heavy atom. The van der Waals surface area contributed by atoms with Gasteiger partial charge in [-0.05, 0) is 0 Å². The molecule has 4 nitrogen and oxygen atoms in total. The van der Waals surface area contributed by atoms with Crippen molar-refractivity contribution < 1.29 is 9.66 Å². The molecule has 0 spiro atoms. The molecule has 0 radical (unpaired) electrons. The Kier molecular flexibility index (Phi) is 3.40. The Labute approximate surface area is 76.3 Å². The summed E-state index contributed by atoms with van der Waals surface area (Å²) < 4.78 is 4.78. The van der Waals surface area contributed by atoms with Gasteiger partial charge in [0.15, 0.2) is 0 Å². The molecule has 1 aromatic rings. The van der Waals surface area contributed by atoms with Crippen LogP contribution >= 0.6 is 0 Å². The zero-order chi connectivity index (χ0) is 9.68. The van der Waals surface area contributed by atoms with E-state index in [1.807, 2.05) is 6.07 Å². The first-order chi connectivity index (χ1) is 6.25. The van der Waals surface area contributed by atoms with Gasteiger partial charge in [-0.15, -0.1) is 0 Å². The predicted octanol–water partition coefficient (Wildman–Crippen LogP) is 1.65. The zero-order valence-electron chi connectivity index (χ0n) is 7.34. The van der Waals surface area contributed by atoms with Crippen LogP contribution in [0.3, 0.4) is 0 Å². The Morgan fingerprint density at radius 2 is 2.08 bits per heavy atom. The minimum atomic E-state index is -0.758. The molecule has 0 aliphatic carbocycles. The summed E-state index contributed by atoms with van der Waals surface area (Å²) in [5.74, 6) is 0. The van der Waals surface area contributed by atoms with E-state index in [9.17, 15) is 10.1 Å². The number of nitrogens with zero attached hydrogens (tertiary/aromatic N) is 1. The normalized spacial score (nSPS) is 12.4. The molecule has 0 aromatic heterocycles. The smallest absolute Gasteiger partial charge is 0.260 e. The van der Waals surface area contributed by atoms with Crippen LogP contribution in [0.4, 0.5) is 0 Å². The van der Waals surface area contributed by atoms with E-state index in [1.54, 1.807) is 24.3 Å². The number of nitro groups is 1. The molecule has 0 aliphatic rings. The van der Waals surface area contributed by atoms with Gasteiger partial charge < -0.3 is 4.74 Å². The van der Waals surface area contributed by atoms with Crippen molar-refractivity contribution in [3.63, 3.8) is 0 Å². The Bertz CT molecular complexity index is 273. The molecular formula is C9H11NO3. The van der Waals surface area contributed by atoms with Crippen LogP contribution in [0.25, 0.3) is 0 Å². The Hall–Kier alpha value is -1.42. The molecular weight excluding hydrogens is 170 g/mol. The lowest BCUT2D eigenvalue weighted by atomic mass is 10.1. The Balaban J connectivity index is 2.82.